The van der Waals surface area contributed by atoms with Gasteiger partial charge in [0.05, 0.1) is 18.2 Å². The van der Waals surface area contributed by atoms with Crippen molar-refractivity contribution in [2.45, 2.75) is 10.9 Å². The predicted octanol–water partition coefficient (Wildman–Crippen LogP) is 3.65. The molecule has 0 aromatic heterocycles. The van der Waals surface area contributed by atoms with Gasteiger partial charge in [-0.1, -0.05) is 35.9 Å². The van der Waals surface area contributed by atoms with Crippen LogP contribution in [-0.4, -0.2) is 12.9 Å². The van der Waals surface area contributed by atoms with Crippen LogP contribution in [0.5, 0.6) is 5.75 Å². The summed E-state index contributed by atoms with van der Waals surface area (Å²) in [4.78, 5) is 1.05. The third-order valence-electron chi connectivity index (χ3n) is 2.94. The van der Waals surface area contributed by atoms with Crippen LogP contribution < -0.4 is 16.0 Å². The van der Waals surface area contributed by atoms with Crippen molar-refractivity contribution in [3.8, 4) is 5.75 Å². The Bertz CT molecular complexity index is 565. The highest BCUT2D eigenvalue weighted by molar-refractivity contribution is 7.99. The maximum atomic E-state index is 6.15. The fourth-order valence-electron chi connectivity index (χ4n) is 1.83. The van der Waals surface area contributed by atoms with Gasteiger partial charge in [0.15, 0.2) is 0 Å². The second-order valence-electron chi connectivity index (χ2n) is 4.24. The SMILES string of the molecule is COc1cccc(C(CSc2ccccc2Cl)NN)c1. The summed E-state index contributed by atoms with van der Waals surface area (Å²) in [6.07, 6.45) is 0. The van der Waals surface area contributed by atoms with E-state index in [1.807, 2.05) is 48.5 Å². The first kappa shape index (κ1) is 15.2. The van der Waals surface area contributed by atoms with Gasteiger partial charge in [-0.15, -0.1) is 11.8 Å². The van der Waals surface area contributed by atoms with E-state index in [4.69, 9.17) is 22.2 Å². The third-order valence-corrected chi connectivity index (χ3v) is 4.55. The Balaban J connectivity index is 2.07. The summed E-state index contributed by atoms with van der Waals surface area (Å²) in [6, 6.07) is 15.7. The number of nitrogens with two attached hydrogens (primary N) is 1. The molecule has 0 saturated carbocycles. The van der Waals surface area contributed by atoms with Crippen LogP contribution in [0.4, 0.5) is 0 Å². The van der Waals surface area contributed by atoms with Crippen molar-refractivity contribution in [1.29, 1.82) is 0 Å². The normalized spacial score (nSPS) is 12.2. The molecule has 0 spiro atoms. The fraction of sp³-hybridized carbons (Fsp3) is 0.200. The van der Waals surface area contributed by atoms with E-state index in [-0.39, 0.29) is 6.04 Å². The number of hydrogen-bond acceptors (Lipinski definition) is 4. The van der Waals surface area contributed by atoms with Gasteiger partial charge in [0.25, 0.3) is 0 Å². The van der Waals surface area contributed by atoms with Crippen molar-refractivity contribution < 1.29 is 4.74 Å². The van der Waals surface area contributed by atoms with Gasteiger partial charge in [-0.3, -0.25) is 11.3 Å². The number of thioether (sulfide) groups is 1. The summed E-state index contributed by atoms with van der Waals surface area (Å²) >= 11 is 7.82. The van der Waals surface area contributed by atoms with Crippen molar-refractivity contribution in [2.75, 3.05) is 12.9 Å². The average Bonchev–Trinajstić information content (AvgIpc) is 2.50. The van der Waals surface area contributed by atoms with E-state index < -0.39 is 0 Å². The van der Waals surface area contributed by atoms with Gasteiger partial charge in [-0.05, 0) is 29.8 Å². The number of methoxy groups -OCH3 is 1. The molecule has 2 aromatic rings. The van der Waals surface area contributed by atoms with Crippen molar-refractivity contribution in [3.05, 3.63) is 59.1 Å². The lowest BCUT2D eigenvalue weighted by atomic mass is 10.1. The number of rotatable bonds is 6. The Morgan fingerprint density at radius 3 is 2.75 bits per heavy atom. The molecule has 3 N–H and O–H groups in total. The van der Waals surface area contributed by atoms with Gasteiger partial charge >= 0.3 is 0 Å². The van der Waals surface area contributed by atoms with Crippen LogP contribution in [0.2, 0.25) is 5.02 Å². The zero-order valence-electron chi connectivity index (χ0n) is 11.2. The van der Waals surface area contributed by atoms with Crippen LogP contribution >= 0.6 is 23.4 Å². The zero-order valence-corrected chi connectivity index (χ0v) is 12.7. The smallest absolute Gasteiger partial charge is 0.119 e. The first-order valence-electron chi connectivity index (χ1n) is 6.22. The molecule has 0 amide bonds. The summed E-state index contributed by atoms with van der Waals surface area (Å²) in [7, 11) is 1.66. The molecule has 2 aromatic carbocycles. The second kappa shape index (κ2) is 7.55. The minimum Gasteiger partial charge on any atom is -0.497 e. The summed E-state index contributed by atoms with van der Waals surface area (Å²) < 4.78 is 5.23. The Morgan fingerprint density at radius 1 is 1.25 bits per heavy atom. The number of benzene rings is 2. The Morgan fingerprint density at radius 2 is 2.05 bits per heavy atom. The minimum absolute atomic E-state index is 0.0337. The molecular weight excluding hydrogens is 292 g/mol. The molecule has 0 bridgehead atoms. The van der Waals surface area contributed by atoms with Crippen molar-refractivity contribution in [1.82, 2.24) is 5.43 Å². The number of nitrogens with one attached hydrogen (secondary N) is 1. The highest BCUT2D eigenvalue weighted by atomic mass is 35.5. The molecule has 5 heteroatoms. The van der Waals surface area contributed by atoms with Crippen molar-refractivity contribution >= 4 is 23.4 Å². The molecule has 1 atom stereocenters. The fourth-order valence-corrected chi connectivity index (χ4v) is 3.15. The lowest BCUT2D eigenvalue weighted by Gasteiger charge is -2.17. The van der Waals surface area contributed by atoms with Gasteiger partial charge in [0, 0.05) is 10.6 Å². The number of hydrogen-bond donors (Lipinski definition) is 2. The van der Waals surface area contributed by atoms with E-state index in [1.54, 1.807) is 18.9 Å². The molecule has 0 radical (unpaired) electrons. The first-order chi connectivity index (χ1) is 9.74. The van der Waals surface area contributed by atoms with E-state index in [0.29, 0.717) is 0 Å². The number of hydrazine groups is 1. The predicted molar refractivity (Wildman–Crippen MR) is 85.2 cm³/mol. The van der Waals surface area contributed by atoms with Gasteiger partial charge in [-0.25, -0.2) is 0 Å². The highest BCUT2D eigenvalue weighted by Crippen LogP contribution is 2.30. The Labute approximate surface area is 128 Å². The van der Waals surface area contributed by atoms with E-state index in [0.717, 1.165) is 27.0 Å². The molecule has 106 valence electrons. The van der Waals surface area contributed by atoms with Gasteiger partial charge in [0.2, 0.25) is 0 Å². The molecule has 2 rings (SSSR count). The van der Waals surface area contributed by atoms with Crippen molar-refractivity contribution in [2.24, 2.45) is 5.84 Å². The van der Waals surface area contributed by atoms with Crippen LogP contribution in [0, 0.1) is 0 Å². The van der Waals surface area contributed by atoms with E-state index in [9.17, 15) is 0 Å². The quantitative estimate of drug-likeness (QED) is 0.486. The van der Waals surface area contributed by atoms with Crippen LogP contribution in [0.3, 0.4) is 0 Å². The molecule has 0 aliphatic carbocycles. The van der Waals surface area contributed by atoms with E-state index >= 15 is 0 Å². The summed E-state index contributed by atoms with van der Waals surface area (Å²) in [5.41, 5.74) is 3.93. The third kappa shape index (κ3) is 3.90. The largest absolute Gasteiger partial charge is 0.497 e. The first-order valence-corrected chi connectivity index (χ1v) is 7.58. The molecule has 20 heavy (non-hydrogen) atoms. The molecule has 3 nitrogen and oxygen atoms in total. The maximum absolute atomic E-state index is 6.15. The molecule has 0 saturated heterocycles. The van der Waals surface area contributed by atoms with E-state index in [2.05, 4.69) is 5.43 Å². The Hall–Kier alpha value is -1.20. The maximum Gasteiger partial charge on any atom is 0.119 e. The average molecular weight is 309 g/mol. The Kier molecular flexibility index (Phi) is 5.73. The topological polar surface area (TPSA) is 47.3 Å². The summed E-state index contributed by atoms with van der Waals surface area (Å²) in [5.74, 6) is 7.27. The highest BCUT2D eigenvalue weighted by Gasteiger charge is 2.12. The summed E-state index contributed by atoms with van der Waals surface area (Å²) in [6.45, 7) is 0. The second-order valence-corrected chi connectivity index (χ2v) is 5.71. The molecular formula is C15H17ClN2OS. The molecule has 0 aliphatic rings. The lowest BCUT2D eigenvalue weighted by Crippen LogP contribution is -2.29. The molecule has 0 heterocycles. The molecule has 0 aliphatic heterocycles. The molecule has 0 fully saturated rings. The monoisotopic (exact) mass is 308 g/mol. The van der Waals surface area contributed by atoms with Crippen LogP contribution in [0.15, 0.2) is 53.4 Å². The van der Waals surface area contributed by atoms with Crippen molar-refractivity contribution in [3.63, 3.8) is 0 Å². The molecule has 1 unspecified atom stereocenters. The number of halogens is 1. The van der Waals surface area contributed by atoms with Gasteiger partial charge in [-0.2, -0.15) is 0 Å². The van der Waals surface area contributed by atoms with Crippen LogP contribution in [0.1, 0.15) is 11.6 Å². The minimum atomic E-state index is 0.0337. The van der Waals surface area contributed by atoms with Crippen LogP contribution in [-0.2, 0) is 0 Å². The van der Waals surface area contributed by atoms with Crippen LogP contribution in [0.25, 0.3) is 0 Å². The van der Waals surface area contributed by atoms with E-state index in [1.165, 1.54) is 0 Å². The standard InChI is InChI=1S/C15H17ClN2OS/c1-19-12-6-4-5-11(9-12)14(18-17)10-20-15-8-3-2-7-13(15)16/h2-9,14,18H,10,17H2,1H3. The summed E-state index contributed by atoms with van der Waals surface area (Å²) in [5, 5.41) is 0.763. The lowest BCUT2D eigenvalue weighted by molar-refractivity contribution is 0.413. The number of ether oxygens (including phenoxy) is 1. The van der Waals surface area contributed by atoms with Gasteiger partial charge < -0.3 is 4.74 Å². The zero-order chi connectivity index (χ0) is 14.4. The van der Waals surface area contributed by atoms with Gasteiger partial charge in [0.1, 0.15) is 5.75 Å².